The van der Waals surface area contributed by atoms with Gasteiger partial charge < -0.3 is 21.5 Å². The number of anilines is 1. The van der Waals surface area contributed by atoms with Crippen LogP contribution in [-0.4, -0.2) is 29.0 Å². The molecular formula is C26H33N5O2S2. The Morgan fingerprint density at radius 1 is 1.17 bits per heavy atom. The number of benzene rings is 1. The number of ether oxygens (including phenoxy) is 1. The molecule has 2 heterocycles. The Morgan fingerprint density at radius 2 is 1.94 bits per heavy atom. The van der Waals surface area contributed by atoms with Crippen LogP contribution < -0.4 is 21.5 Å². The fraction of sp³-hybridized carbons (Fsp3) is 0.346. The van der Waals surface area contributed by atoms with Crippen molar-refractivity contribution in [3.63, 3.8) is 0 Å². The van der Waals surface area contributed by atoms with Gasteiger partial charge in [0.2, 0.25) is 5.91 Å². The molecule has 0 saturated carbocycles. The summed E-state index contributed by atoms with van der Waals surface area (Å²) >= 11 is 2.99. The zero-order chi connectivity index (χ0) is 25.4. The molecule has 0 atom stereocenters. The lowest BCUT2D eigenvalue weighted by Gasteiger charge is -2.19. The molecule has 5 N–H and O–H groups in total. The van der Waals surface area contributed by atoms with Gasteiger partial charge in [-0.1, -0.05) is 48.6 Å². The summed E-state index contributed by atoms with van der Waals surface area (Å²) in [5, 5.41) is 4.53. The first-order valence-corrected chi connectivity index (χ1v) is 13.3. The van der Waals surface area contributed by atoms with Gasteiger partial charge in [0.25, 0.3) is 0 Å². The normalized spacial score (nSPS) is 12.8. The zero-order valence-corrected chi connectivity index (χ0v) is 22.3. The molecule has 2 aromatic heterocycles. The van der Waals surface area contributed by atoms with Crippen molar-refractivity contribution in [2.24, 2.45) is 5.73 Å². The number of fused-ring (bicyclic) bond motifs is 1. The van der Waals surface area contributed by atoms with Crippen molar-refractivity contribution in [2.75, 3.05) is 18.9 Å². The van der Waals surface area contributed by atoms with Gasteiger partial charge in [0.05, 0.1) is 27.9 Å². The quantitative estimate of drug-likeness (QED) is 0.312. The summed E-state index contributed by atoms with van der Waals surface area (Å²) < 4.78 is 6.86. The highest BCUT2D eigenvalue weighted by Crippen LogP contribution is 2.41. The molecule has 0 aliphatic rings. The first-order valence-electron chi connectivity index (χ1n) is 11.7. The largest absolute Gasteiger partial charge is 0.490 e. The van der Waals surface area contributed by atoms with Gasteiger partial charge in [-0.3, -0.25) is 9.78 Å². The smallest absolute Gasteiger partial charge is 0.229 e. The molecule has 0 spiro atoms. The lowest BCUT2D eigenvalue weighted by atomic mass is 10.1. The lowest BCUT2D eigenvalue weighted by molar-refractivity contribution is -0.119. The molecular weight excluding hydrogens is 478 g/mol. The van der Waals surface area contributed by atoms with Crippen LogP contribution in [0, 0.1) is 0 Å². The van der Waals surface area contributed by atoms with E-state index >= 15 is 0 Å². The number of hydrogen-bond donors (Lipinski definition) is 3. The number of pyridine rings is 1. The van der Waals surface area contributed by atoms with E-state index in [-0.39, 0.29) is 12.3 Å². The van der Waals surface area contributed by atoms with Crippen molar-refractivity contribution >= 4 is 49.3 Å². The fourth-order valence-electron chi connectivity index (χ4n) is 3.32. The summed E-state index contributed by atoms with van der Waals surface area (Å²) in [6.07, 6.45) is 5.42. The summed E-state index contributed by atoms with van der Waals surface area (Å²) in [7, 11) is 0. The molecule has 0 bridgehead atoms. The molecule has 0 unspecified atom stereocenters. The van der Waals surface area contributed by atoms with Gasteiger partial charge in [0.15, 0.2) is 5.13 Å². The van der Waals surface area contributed by atoms with Gasteiger partial charge in [-0.05, 0) is 56.0 Å². The molecule has 186 valence electrons. The van der Waals surface area contributed by atoms with Crippen molar-refractivity contribution < 1.29 is 9.53 Å². The van der Waals surface area contributed by atoms with E-state index in [1.54, 1.807) is 24.2 Å². The standard InChI is InChI=1S/C26H33N5O2S2/c1-5-16(3)24(19-9-11-29-15-21(19)33-12-10-27)35-25(17(4)6-2)31-23(32)14-18-7-8-20-22(13-18)34-26(28)30-20/h7-9,11,13,15H,5-6,10,12,14,27H2,1-4H3,(H2,28,30)(H,31,32)/b24-16-,25-17+. The Hall–Kier alpha value is -2.88. The predicted molar refractivity (Wildman–Crippen MR) is 148 cm³/mol. The third-order valence-electron chi connectivity index (χ3n) is 5.53. The Balaban J connectivity index is 1.86. The minimum Gasteiger partial charge on any atom is -0.490 e. The number of nitrogen functional groups attached to an aromatic ring is 1. The number of rotatable bonds is 11. The van der Waals surface area contributed by atoms with Crippen molar-refractivity contribution in [1.29, 1.82) is 0 Å². The van der Waals surface area contributed by atoms with Crippen LogP contribution in [0.4, 0.5) is 5.13 Å². The number of thiazole rings is 1. The summed E-state index contributed by atoms with van der Waals surface area (Å²) in [5.74, 6) is 0.616. The maximum absolute atomic E-state index is 13.1. The summed E-state index contributed by atoms with van der Waals surface area (Å²) in [6.45, 7) is 9.18. The van der Waals surface area contributed by atoms with Crippen LogP contribution >= 0.6 is 23.1 Å². The number of carbonyl (C=O) groups is 1. The van der Waals surface area contributed by atoms with Crippen LogP contribution in [0.25, 0.3) is 15.1 Å². The van der Waals surface area contributed by atoms with E-state index in [2.05, 4.69) is 36.1 Å². The molecule has 7 nitrogen and oxygen atoms in total. The van der Waals surface area contributed by atoms with Gasteiger partial charge in [-0.2, -0.15) is 0 Å². The van der Waals surface area contributed by atoms with E-state index in [1.807, 2.05) is 31.2 Å². The molecule has 0 saturated heterocycles. The Kier molecular flexibility index (Phi) is 9.71. The SMILES string of the molecule is CC/C(C)=C(\S/C(NC(=O)Cc1ccc2nc(N)sc2c1)=C(\C)CC)c1ccncc1OCCN. The highest BCUT2D eigenvalue weighted by atomic mass is 32.2. The first kappa shape index (κ1) is 26.7. The van der Waals surface area contributed by atoms with Gasteiger partial charge in [-0.15, -0.1) is 0 Å². The van der Waals surface area contributed by atoms with Gasteiger partial charge in [0, 0.05) is 23.2 Å². The van der Waals surface area contributed by atoms with Gasteiger partial charge in [0.1, 0.15) is 12.4 Å². The van der Waals surface area contributed by atoms with Crippen LogP contribution in [0.2, 0.25) is 0 Å². The van der Waals surface area contributed by atoms with E-state index in [1.165, 1.54) is 16.9 Å². The summed E-state index contributed by atoms with van der Waals surface area (Å²) in [5.41, 5.74) is 16.5. The third-order valence-corrected chi connectivity index (χ3v) is 7.81. The Morgan fingerprint density at radius 3 is 2.66 bits per heavy atom. The number of nitrogens with zero attached hydrogens (tertiary/aromatic N) is 2. The molecule has 0 aliphatic carbocycles. The van der Waals surface area contributed by atoms with Gasteiger partial charge in [-0.25, -0.2) is 4.98 Å². The van der Waals surface area contributed by atoms with Crippen molar-refractivity contribution in [3.05, 3.63) is 64.0 Å². The van der Waals surface area contributed by atoms with E-state index in [4.69, 9.17) is 16.2 Å². The fourth-order valence-corrected chi connectivity index (χ4v) is 5.40. The van der Waals surface area contributed by atoms with Crippen molar-refractivity contribution in [1.82, 2.24) is 15.3 Å². The zero-order valence-electron chi connectivity index (χ0n) is 20.7. The molecule has 0 aliphatic heterocycles. The lowest BCUT2D eigenvalue weighted by Crippen LogP contribution is -2.24. The monoisotopic (exact) mass is 511 g/mol. The predicted octanol–water partition coefficient (Wildman–Crippen LogP) is 5.49. The van der Waals surface area contributed by atoms with Crippen LogP contribution in [-0.2, 0) is 11.2 Å². The van der Waals surface area contributed by atoms with Crippen molar-refractivity contribution in [3.8, 4) is 5.75 Å². The molecule has 35 heavy (non-hydrogen) atoms. The second kappa shape index (κ2) is 12.7. The maximum atomic E-state index is 13.1. The van der Waals surface area contributed by atoms with E-state index in [0.717, 1.165) is 49.7 Å². The maximum Gasteiger partial charge on any atom is 0.229 e. The molecule has 9 heteroatoms. The second-order valence-corrected chi connectivity index (χ2v) is 10.2. The highest BCUT2D eigenvalue weighted by Gasteiger charge is 2.18. The number of allylic oxidation sites excluding steroid dienone is 2. The van der Waals surface area contributed by atoms with E-state index < -0.39 is 0 Å². The first-order chi connectivity index (χ1) is 16.9. The van der Waals surface area contributed by atoms with Crippen LogP contribution in [0.15, 0.2) is 52.8 Å². The minimum atomic E-state index is -0.0695. The molecule has 3 aromatic rings. The number of amides is 1. The van der Waals surface area contributed by atoms with E-state index in [0.29, 0.717) is 24.0 Å². The Bertz CT molecular complexity index is 1250. The van der Waals surface area contributed by atoms with Crippen LogP contribution in [0.3, 0.4) is 0 Å². The topological polar surface area (TPSA) is 116 Å². The van der Waals surface area contributed by atoms with Crippen LogP contribution in [0.1, 0.15) is 51.7 Å². The number of thioether (sulfide) groups is 1. The molecule has 1 amide bonds. The molecule has 0 fully saturated rings. The van der Waals surface area contributed by atoms with Gasteiger partial charge >= 0.3 is 0 Å². The minimum absolute atomic E-state index is 0.0695. The number of hydrogen-bond acceptors (Lipinski definition) is 8. The summed E-state index contributed by atoms with van der Waals surface area (Å²) in [4.78, 5) is 22.6. The number of carbonyl (C=O) groups excluding carboxylic acids is 1. The molecule has 1 aromatic carbocycles. The molecule has 0 radical (unpaired) electrons. The Labute approximate surface area is 215 Å². The average molecular weight is 512 g/mol. The van der Waals surface area contributed by atoms with E-state index in [9.17, 15) is 4.79 Å². The highest BCUT2D eigenvalue weighted by molar-refractivity contribution is 8.11. The molecule has 3 rings (SSSR count). The number of nitrogens with one attached hydrogen (secondary N) is 1. The van der Waals surface area contributed by atoms with Crippen molar-refractivity contribution in [2.45, 2.75) is 47.0 Å². The third kappa shape index (κ3) is 7.06. The number of nitrogens with two attached hydrogens (primary N) is 2. The average Bonchev–Trinajstić information content (AvgIpc) is 3.23. The van der Waals surface area contributed by atoms with Crippen LogP contribution in [0.5, 0.6) is 5.75 Å². The second-order valence-electron chi connectivity index (χ2n) is 8.12. The summed E-state index contributed by atoms with van der Waals surface area (Å²) in [6, 6.07) is 7.76. The number of aromatic nitrogens is 2.